The quantitative estimate of drug-likeness (QED) is 0.524. The number of halogens is 1. The van der Waals surface area contributed by atoms with Gasteiger partial charge in [0.1, 0.15) is 17.7 Å². The molecule has 0 radical (unpaired) electrons. The van der Waals surface area contributed by atoms with Gasteiger partial charge in [0.25, 0.3) is 0 Å². The topological polar surface area (TPSA) is 84.1 Å². The molecule has 2 N–H and O–H groups in total. The van der Waals surface area contributed by atoms with Gasteiger partial charge < -0.3 is 10.1 Å². The molecule has 0 unspecified atom stereocenters. The number of carbonyl (C=O) groups excluding carboxylic acids is 2. The zero-order valence-corrected chi connectivity index (χ0v) is 19.3. The average Bonchev–Trinajstić information content (AvgIpc) is 3.32. The maximum absolute atomic E-state index is 14.7. The van der Waals surface area contributed by atoms with Crippen molar-refractivity contribution < 1.29 is 18.7 Å². The number of aromatic nitrogens is 2. The van der Waals surface area contributed by atoms with E-state index in [1.807, 2.05) is 32.9 Å². The Morgan fingerprint density at radius 3 is 2.67 bits per heavy atom. The summed E-state index contributed by atoms with van der Waals surface area (Å²) >= 11 is 0. The van der Waals surface area contributed by atoms with Gasteiger partial charge in [0.2, 0.25) is 5.91 Å². The molecule has 172 valence electrons. The van der Waals surface area contributed by atoms with E-state index in [2.05, 4.69) is 15.5 Å². The number of nitrogens with zero attached hydrogens (tertiary/aromatic N) is 1. The second-order valence-electron chi connectivity index (χ2n) is 8.71. The standard InChI is InChI=1S/C26H28FN3O3/c1-14-9-19-11-20(13-28-25(32)8-6-21-15(2)29-30-16(21)3)33-26(19)23(10-14)22-12-18(17(4)31)5-7-24(22)27/h5,7,9-10,12,20H,6,8,11,13H2,1-4H3,(H,28,32)(H,29,30)/t20-/m1/s1. The van der Waals surface area contributed by atoms with Gasteiger partial charge in [-0.15, -0.1) is 0 Å². The number of rotatable bonds is 7. The Bertz CT molecular complexity index is 1210. The summed E-state index contributed by atoms with van der Waals surface area (Å²) in [4.78, 5) is 24.2. The van der Waals surface area contributed by atoms with E-state index in [1.165, 1.54) is 19.1 Å². The van der Waals surface area contributed by atoms with Crippen LogP contribution in [0.4, 0.5) is 4.39 Å². The number of ether oxygens (including phenoxy) is 1. The molecule has 1 aliphatic rings. The fourth-order valence-corrected chi connectivity index (χ4v) is 4.35. The van der Waals surface area contributed by atoms with E-state index in [9.17, 15) is 14.0 Å². The number of aryl methyl sites for hydroxylation is 3. The maximum Gasteiger partial charge on any atom is 0.220 e. The van der Waals surface area contributed by atoms with E-state index < -0.39 is 5.82 Å². The van der Waals surface area contributed by atoms with E-state index in [-0.39, 0.29) is 17.8 Å². The highest BCUT2D eigenvalue weighted by atomic mass is 19.1. The lowest BCUT2D eigenvalue weighted by Gasteiger charge is -2.15. The fraction of sp³-hybridized carbons (Fsp3) is 0.346. The normalized spacial score (nSPS) is 14.6. The number of hydrogen-bond donors (Lipinski definition) is 2. The second kappa shape index (κ2) is 9.17. The van der Waals surface area contributed by atoms with Crippen molar-refractivity contribution in [2.75, 3.05) is 6.54 Å². The third-order valence-electron chi connectivity index (χ3n) is 6.12. The lowest BCUT2D eigenvalue weighted by Crippen LogP contribution is -2.34. The van der Waals surface area contributed by atoms with Crippen LogP contribution in [0.15, 0.2) is 30.3 Å². The summed E-state index contributed by atoms with van der Waals surface area (Å²) in [5.74, 6) is 0.0381. The molecule has 1 aromatic heterocycles. The zero-order valence-electron chi connectivity index (χ0n) is 19.3. The first kappa shape index (κ1) is 22.7. The number of carbonyl (C=O) groups is 2. The number of Topliss-reactive ketones (excluding diaryl/α,β-unsaturated/α-hetero) is 1. The molecule has 0 saturated heterocycles. The van der Waals surface area contributed by atoms with Gasteiger partial charge in [-0.25, -0.2) is 4.39 Å². The van der Waals surface area contributed by atoms with Crippen LogP contribution in [0.3, 0.4) is 0 Å². The maximum atomic E-state index is 14.7. The van der Waals surface area contributed by atoms with Gasteiger partial charge in [-0.1, -0.05) is 6.07 Å². The highest BCUT2D eigenvalue weighted by molar-refractivity contribution is 5.95. The van der Waals surface area contributed by atoms with E-state index in [4.69, 9.17) is 4.74 Å². The van der Waals surface area contributed by atoms with Crippen molar-refractivity contribution in [1.29, 1.82) is 0 Å². The third-order valence-corrected chi connectivity index (χ3v) is 6.12. The van der Waals surface area contributed by atoms with Crippen LogP contribution in [-0.2, 0) is 17.6 Å². The van der Waals surface area contributed by atoms with Gasteiger partial charge in [-0.05, 0) is 75.1 Å². The fourth-order valence-electron chi connectivity index (χ4n) is 4.35. The molecule has 2 aromatic carbocycles. The Morgan fingerprint density at radius 1 is 1.18 bits per heavy atom. The number of H-pyrrole nitrogens is 1. The highest BCUT2D eigenvalue weighted by Gasteiger charge is 2.28. The molecular formula is C26H28FN3O3. The first-order chi connectivity index (χ1) is 15.7. The number of hydrogen-bond acceptors (Lipinski definition) is 4. The van der Waals surface area contributed by atoms with Crippen molar-refractivity contribution >= 4 is 11.7 Å². The summed E-state index contributed by atoms with van der Waals surface area (Å²) in [5.41, 5.74) is 6.36. The third kappa shape index (κ3) is 4.82. The Hall–Kier alpha value is -3.48. The number of nitrogens with one attached hydrogen (secondary N) is 2. The van der Waals surface area contributed by atoms with Crippen molar-refractivity contribution in [3.63, 3.8) is 0 Å². The van der Waals surface area contributed by atoms with Gasteiger partial charge in [0, 0.05) is 35.2 Å². The van der Waals surface area contributed by atoms with Gasteiger partial charge >= 0.3 is 0 Å². The Balaban J connectivity index is 1.45. The number of benzene rings is 2. The Morgan fingerprint density at radius 2 is 1.97 bits per heavy atom. The smallest absolute Gasteiger partial charge is 0.220 e. The molecule has 3 aromatic rings. The number of amides is 1. The van der Waals surface area contributed by atoms with Crippen LogP contribution in [0, 0.1) is 26.6 Å². The summed E-state index contributed by atoms with van der Waals surface area (Å²) in [6, 6.07) is 8.28. The molecular weight excluding hydrogens is 421 g/mol. The summed E-state index contributed by atoms with van der Waals surface area (Å²) in [6.45, 7) is 7.65. The van der Waals surface area contributed by atoms with Crippen LogP contribution in [0.5, 0.6) is 5.75 Å². The summed E-state index contributed by atoms with van der Waals surface area (Å²) in [7, 11) is 0. The van der Waals surface area contributed by atoms with Crippen molar-refractivity contribution in [2.24, 2.45) is 0 Å². The van der Waals surface area contributed by atoms with E-state index in [1.54, 1.807) is 6.07 Å². The molecule has 4 rings (SSSR count). The SMILES string of the molecule is CC(=O)c1ccc(F)c(-c2cc(C)cc3c2O[C@@H](CNC(=O)CCc2c(C)n[nH]c2C)C3)c1. The molecule has 2 heterocycles. The predicted molar refractivity (Wildman–Crippen MR) is 124 cm³/mol. The number of aromatic amines is 1. The van der Waals surface area contributed by atoms with Crippen LogP contribution in [0.1, 0.15) is 51.8 Å². The Kier molecular flexibility index (Phi) is 6.31. The largest absolute Gasteiger partial charge is 0.487 e. The molecule has 0 fully saturated rings. The van der Waals surface area contributed by atoms with E-state index in [0.717, 1.165) is 28.1 Å². The number of ketones is 1. The van der Waals surface area contributed by atoms with Gasteiger partial charge in [0.05, 0.1) is 12.2 Å². The summed E-state index contributed by atoms with van der Waals surface area (Å²) < 4.78 is 20.9. The van der Waals surface area contributed by atoms with Crippen molar-refractivity contribution in [3.05, 3.63) is 69.8 Å². The molecule has 6 nitrogen and oxygen atoms in total. The molecule has 7 heteroatoms. The minimum absolute atomic E-state index is 0.0498. The monoisotopic (exact) mass is 449 g/mol. The summed E-state index contributed by atoms with van der Waals surface area (Å²) in [6.07, 6.45) is 1.38. The molecule has 0 aliphatic carbocycles. The first-order valence-electron chi connectivity index (χ1n) is 11.1. The van der Waals surface area contributed by atoms with E-state index in [0.29, 0.717) is 48.2 Å². The van der Waals surface area contributed by atoms with E-state index >= 15 is 0 Å². The molecule has 33 heavy (non-hydrogen) atoms. The lowest BCUT2D eigenvalue weighted by atomic mass is 9.95. The molecule has 0 bridgehead atoms. The van der Waals surface area contributed by atoms with Gasteiger partial charge in [-0.2, -0.15) is 5.10 Å². The van der Waals surface area contributed by atoms with Crippen molar-refractivity contribution in [2.45, 2.75) is 53.1 Å². The molecule has 1 atom stereocenters. The first-order valence-corrected chi connectivity index (χ1v) is 11.1. The van der Waals surface area contributed by atoms with Crippen molar-refractivity contribution in [3.8, 4) is 16.9 Å². The predicted octanol–water partition coefficient (Wildman–Crippen LogP) is 4.40. The van der Waals surface area contributed by atoms with Crippen LogP contribution >= 0.6 is 0 Å². The highest BCUT2D eigenvalue weighted by Crippen LogP contribution is 2.41. The van der Waals surface area contributed by atoms with Crippen LogP contribution in [-0.4, -0.2) is 34.5 Å². The minimum Gasteiger partial charge on any atom is -0.487 e. The van der Waals surface area contributed by atoms with Gasteiger partial charge in [0.15, 0.2) is 5.78 Å². The zero-order chi connectivity index (χ0) is 23.7. The second-order valence-corrected chi connectivity index (χ2v) is 8.71. The van der Waals surface area contributed by atoms with Crippen LogP contribution < -0.4 is 10.1 Å². The molecule has 1 aliphatic heterocycles. The van der Waals surface area contributed by atoms with Crippen LogP contribution in [0.25, 0.3) is 11.1 Å². The average molecular weight is 450 g/mol. The minimum atomic E-state index is -0.405. The number of fused-ring (bicyclic) bond motifs is 1. The van der Waals surface area contributed by atoms with Crippen molar-refractivity contribution in [1.82, 2.24) is 15.5 Å². The summed E-state index contributed by atoms with van der Waals surface area (Å²) in [5, 5.41) is 10.1. The lowest BCUT2D eigenvalue weighted by molar-refractivity contribution is -0.121. The molecule has 1 amide bonds. The molecule has 0 saturated carbocycles. The van der Waals surface area contributed by atoms with Gasteiger partial charge in [-0.3, -0.25) is 14.7 Å². The van der Waals surface area contributed by atoms with Crippen LogP contribution in [0.2, 0.25) is 0 Å². The Labute approximate surface area is 192 Å². The molecule has 0 spiro atoms.